The molecule has 0 aliphatic rings. The first-order valence-corrected chi connectivity index (χ1v) is 11.7. The van der Waals surface area contributed by atoms with Crippen LogP contribution in [0.5, 0.6) is 0 Å². The van der Waals surface area contributed by atoms with Gasteiger partial charge in [-0.2, -0.15) is 0 Å². The minimum atomic E-state index is -3.70. The quantitative estimate of drug-likeness (QED) is 0.719. The number of halogens is 1. The molecule has 0 aliphatic heterocycles. The topological polar surface area (TPSA) is 66.5 Å². The maximum Gasteiger partial charge on any atom is 0.244 e. The van der Waals surface area contributed by atoms with Crippen molar-refractivity contribution in [2.75, 3.05) is 10.6 Å². The molecule has 2 aromatic carbocycles. The summed E-state index contributed by atoms with van der Waals surface area (Å²) in [5, 5.41) is 3.40. The Kier molecular flexibility index (Phi) is 7.01. The normalized spacial score (nSPS) is 13.7. The summed E-state index contributed by atoms with van der Waals surface area (Å²) in [5.41, 5.74) is 5.63. The molecule has 0 unspecified atom stereocenters. The average Bonchev–Trinajstić information content (AvgIpc) is 2.59. The molecular formula is C22H29ClN2O3S. The zero-order chi connectivity index (χ0) is 22.1. The average molecular weight is 437 g/mol. The van der Waals surface area contributed by atoms with Crippen molar-refractivity contribution in [1.82, 2.24) is 5.32 Å². The second-order valence-corrected chi connectivity index (χ2v) is 9.96. The van der Waals surface area contributed by atoms with Gasteiger partial charge in [0, 0.05) is 5.02 Å². The first-order chi connectivity index (χ1) is 13.3. The second-order valence-electron chi connectivity index (χ2n) is 7.69. The van der Waals surface area contributed by atoms with E-state index in [0.717, 1.165) is 32.8 Å². The Morgan fingerprint density at radius 1 is 0.966 bits per heavy atom. The van der Waals surface area contributed by atoms with E-state index in [-0.39, 0.29) is 11.9 Å². The van der Waals surface area contributed by atoms with E-state index in [2.05, 4.69) is 17.4 Å². The monoisotopic (exact) mass is 436 g/mol. The van der Waals surface area contributed by atoms with Crippen molar-refractivity contribution < 1.29 is 13.2 Å². The first kappa shape index (κ1) is 23.2. The van der Waals surface area contributed by atoms with Gasteiger partial charge in [-0.3, -0.25) is 9.10 Å². The van der Waals surface area contributed by atoms with Gasteiger partial charge >= 0.3 is 0 Å². The van der Waals surface area contributed by atoms with Gasteiger partial charge in [-0.1, -0.05) is 29.8 Å². The smallest absolute Gasteiger partial charge is 0.244 e. The van der Waals surface area contributed by atoms with Crippen molar-refractivity contribution in [3.63, 3.8) is 0 Å². The lowest BCUT2D eigenvalue weighted by Gasteiger charge is -2.30. The van der Waals surface area contributed by atoms with E-state index in [1.165, 1.54) is 5.56 Å². The van der Waals surface area contributed by atoms with Crippen molar-refractivity contribution in [3.05, 3.63) is 63.2 Å². The predicted molar refractivity (Wildman–Crippen MR) is 120 cm³/mol. The van der Waals surface area contributed by atoms with Gasteiger partial charge in [0.15, 0.2) is 0 Å². The summed E-state index contributed by atoms with van der Waals surface area (Å²) < 4.78 is 26.0. The van der Waals surface area contributed by atoms with Crippen LogP contribution in [0.15, 0.2) is 30.3 Å². The Hall–Kier alpha value is -2.05. The molecule has 0 radical (unpaired) electrons. The highest BCUT2D eigenvalue weighted by atomic mass is 35.5. The van der Waals surface area contributed by atoms with Crippen molar-refractivity contribution >= 4 is 33.2 Å². The predicted octanol–water partition coefficient (Wildman–Crippen LogP) is 4.61. The van der Waals surface area contributed by atoms with Crippen molar-refractivity contribution in [3.8, 4) is 0 Å². The Bertz CT molecular complexity index is 1030. The van der Waals surface area contributed by atoms with E-state index in [0.29, 0.717) is 10.7 Å². The zero-order valence-corrected chi connectivity index (χ0v) is 19.6. The lowest BCUT2D eigenvalue weighted by molar-refractivity contribution is -0.122. The van der Waals surface area contributed by atoms with Gasteiger partial charge in [0.05, 0.1) is 18.0 Å². The fraction of sp³-hybridized carbons (Fsp3) is 0.409. The van der Waals surface area contributed by atoms with Crippen molar-refractivity contribution in [1.29, 1.82) is 0 Å². The second kappa shape index (κ2) is 8.76. The molecule has 2 rings (SSSR count). The third-order valence-corrected chi connectivity index (χ3v) is 6.85. The molecule has 0 aliphatic carbocycles. The first-order valence-electron chi connectivity index (χ1n) is 9.46. The van der Waals surface area contributed by atoms with Gasteiger partial charge in [0.1, 0.15) is 6.04 Å². The Morgan fingerprint density at radius 2 is 1.55 bits per heavy atom. The lowest BCUT2D eigenvalue weighted by Crippen LogP contribution is -2.48. The number of rotatable bonds is 6. The van der Waals surface area contributed by atoms with E-state index >= 15 is 0 Å². The summed E-state index contributed by atoms with van der Waals surface area (Å²) in [6.45, 7) is 11.4. The SMILES string of the molecule is Cc1cc(C)c([C@H](C)NC(=O)[C@@H](C)N(c2ccc(C)c(Cl)c2)S(C)(=O)=O)cc1C. The van der Waals surface area contributed by atoms with Gasteiger partial charge in [-0.05, 0) is 81.5 Å². The van der Waals surface area contributed by atoms with Crippen LogP contribution in [-0.4, -0.2) is 26.6 Å². The Balaban J connectivity index is 2.32. The molecule has 0 heterocycles. The molecule has 158 valence electrons. The van der Waals surface area contributed by atoms with Crippen LogP contribution in [-0.2, 0) is 14.8 Å². The van der Waals surface area contributed by atoms with Gasteiger partial charge < -0.3 is 5.32 Å². The van der Waals surface area contributed by atoms with Crippen LogP contribution in [0.25, 0.3) is 0 Å². The molecule has 1 amide bonds. The number of hydrogen-bond donors (Lipinski definition) is 1. The molecule has 2 atom stereocenters. The molecule has 0 saturated heterocycles. The van der Waals surface area contributed by atoms with Crippen LogP contribution in [0.2, 0.25) is 5.02 Å². The third kappa shape index (κ3) is 5.31. The van der Waals surface area contributed by atoms with Crippen LogP contribution in [0.3, 0.4) is 0 Å². The van der Waals surface area contributed by atoms with Crippen LogP contribution in [0, 0.1) is 27.7 Å². The van der Waals surface area contributed by atoms with Gasteiger partial charge in [0.2, 0.25) is 15.9 Å². The minimum Gasteiger partial charge on any atom is -0.348 e. The van der Waals surface area contributed by atoms with E-state index < -0.39 is 16.1 Å². The fourth-order valence-corrected chi connectivity index (χ4v) is 4.73. The van der Waals surface area contributed by atoms with Crippen LogP contribution in [0.4, 0.5) is 5.69 Å². The Labute approximate surface area is 179 Å². The molecule has 7 heteroatoms. The molecular weight excluding hydrogens is 408 g/mol. The number of carbonyl (C=O) groups excluding carboxylic acids is 1. The molecule has 0 bridgehead atoms. The van der Waals surface area contributed by atoms with Crippen molar-refractivity contribution in [2.45, 2.75) is 53.6 Å². The molecule has 0 spiro atoms. The third-order valence-electron chi connectivity index (χ3n) is 5.21. The highest BCUT2D eigenvalue weighted by Crippen LogP contribution is 2.27. The van der Waals surface area contributed by atoms with E-state index in [9.17, 15) is 13.2 Å². The molecule has 0 saturated carbocycles. The van der Waals surface area contributed by atoms with E-state index in [1.54, 1.807) is 25.1 Å². The number of hydrogen-bond acceptors (Lipinski definition) is 3. The Morgan fingerprint density at radius 3 is 2.10 bits per heavy atom. The molecule has 5 nitrogen and oxygen atoms in total. The van der Waals surface area contributed by atoms with E-state index in [4.69, 9.17) is 11.6 Å². The number of nitrogens with zero attached hydrogens (tertiary/aromatic N) is 1. The lowest BCUT2D eigenvalue weighted by atomic mass is 9.96. The number of sulfonamides is 1. The van der Waals surface area contributed by atoms with E-state index in [1.807, 2.05) is 34.6 Å². The summed E-state index contributed by atoms with van der Waals surface area (Å²) in [4.78, 5) is 13.0. The number of benzene rings is 2. The zero-order valence-electron chi connectivity index (χ0n) is 18.0. The summed E-state index contributed by atoms with van der Waals surface area (Å²) in [6, 6.07) is 7.93. The van der Waals surface area contributed by atoms with Crippen LogP contribution >= 0.6 is 11.6 Å². The number of aryl methyl sites for hydroxylation is 4. The number of anilines is 1. The maximum atomic E-state index is 13.0. The van der Waals surface area contributed by atoms with Crippen LogP contribution < -0.4 is 9.62 Å². The fourth-order valence-electron chi connectivity index (χ4n) is 3.39. The van der Waals surface area contributed by atoms with Crippen LogP contribution in [0.1, 0.15) is 47.7 Å². The van der Waals surface area contributed by atoms with Crippen molar-refractivity contribution in [2.24, 2.45) is 0 Å². The summed E-state index contributed by atoms with van der Waals surface area (Å²) in [5.74, 6) is -0.378. The molecule has 2 aromatic rings. The molecule has 1 N–H and O–H groups in total. The number of carbonyl (C=O) groups is 1. The van der Waals surface area contributed by atoms with Gasteiger partial charge in [0.25, 0.3) is 0 Å². The minimum absolute atomic E-state index is 0.257. The standard InChI is InChI=1S/C22H29ClN2O3S/c1-13-8-9-19(12-21(13)23)25(29(7,27)28)18(6)22(26)24-17(5)20-11-15(3)14(2)10-16(20)4/h8-12,17-18H,1-7H3,(H,24,26)/t17-,18+/m0/s1. The summed E-state index contributed by atoms with van der Waals surface area (Å²) in [7, 11) is -3.70. The number of nitrogens with one attached hydrogen (secondary N) is 1. The summed E-state index contributed by atoms with van der Waals surface area (Å²) in [6.07, 6.45) is 1.08. The highest BCUT2D eigenvalue weighted by Gasteiger charge is 2.30. The number of amides is 1. The highest BCUT2D eigenvalue weighted by molar-refractivity contribution is 7.92. The molecule has 0 fully saturated rings. The van der Waals surface area contributed by atoms with Gasteiger partial charge in [-0.15, -0.1) is 0 Å². The molecule has 29 heavy (non-hydrogen) atoms. The largest absolute Gasteiger partial charge is 0.348 e. The summed E-state index contributed by atoms with van der Waals surface area (Å²) >= 11 is 6.18. The maximum absolute atomic E-state index is 13.0. The van der Waals surface area contributed by atoms with Gasteiger partial charge in [-0.25, -0.2) is 8.42 Å². The molecule has 0 aromatic heterocycles.